The molecular weight excluding hydrogens is 184 g/mol. The predicted molar refractivity (Wildman–Crippen MR) is 47.3 cm³/mol. The van der Waals surface area contributed by atoms with Crippen molar-refractivity contribution in [2.45, 2.75) is 19.4 Å². The van der Waals surface area contributed by atoms with E-state index in [2.05, 4.69) is 10.1 Å². The summed E-state index contributed by atoms with van der Waals surface area (Å²) in [6.45, 7) is 1.73. The van der Waals surface area contributed by atoms with Gasteiger partial charge in [0.2, 0.25) is 5.89 Å². The lowest BCUT2D eigenvalue weighted by molar-refractivity contribution is 0.0777. The molecule has 1 aliphatic rings. The summed E-state index contributed by atoms with van der Waals surface area (Å²) in [7, 11) is 0. The third-order valence-corrected chi connectivity index (χ3v) is 2.23. The summed E-state index contributed by atoms with van der Waals surface area (Å²) < 4.78 is 4.76. The molecule has 14 heavy (non-hydrogen) atoms. The van der Waals surface area contributed by atoms with E-state index in [0.717, 1.165) is 25.9 Å². The minimum atomic E-state index is -0.161. The molecule has 6 nitrogen and oxygen atoms in total. The van der Waals surface area contributed by atoms with E-state index < -0.39 is 0 Å². The van der Waals surface area contributed by atoms with Gasteiger partial charge in [-0.25, -0.2) is 0 Å². The van der Waals surface area contributed by atoms with Gasteiger partial charge in [0.05, 0.1) is 6.54 Å². The quantitative estimate of drug-likeness (QED) is 0.705. The number of amides is 1. The fourth-order valence-corrected chi connectivity index (χ4v) is 1.49. The van der Waals surface area contributed by atoms with Gasteiger partial charge in [0.1, 0.15) is 0 Å². The number of hydrogen-bond acceptors (Lipinski definition) is 5. The van der Waals surface area contributed by atoms with E-state index in [9.17, 15) is 4.79 Å². The van der Waals surface area contributed by atoms with Crippen molar-refractivity contribution in [3.05, 3.63) is 11.7 Å². The molecule has 0 aliphatic carbocycles. The first-order valence-electron chi connectivity index (χ1n) is 4.63. The summed E-state index contributed by atoms with van der Waals surface area (Å²) in [5.41, 5.74) is 5.30. The Morgan fingerprint density at radius 3 is 2.79 bits per heavy atom. The smallest absolute Gasteiger partial charge is 0.295 e. The first-order valence-corrected chi connectivity index (χ1v) is 4.63. The van der Waals surface area contributed by atoms with Crippen molar-refractivity contribution in [3.8, 4) is 0 Å². The van der Waals surface area contributed by atoms with Crippen LogP contribution in [0.15, 0.2) is 4.52 Å². The molecule has 1 aliphatic heterocycles. The van der Waals surface area contributed by atoms with Crippen molar-refractivity contribution in [1.82, 2.24) is 15.0 Å². The highest BCUT2D eigenvalue weighted by Gasteiger charge is 2.23. The number of carbonyl (C=O) groups is 1. The summed E-state index contributed by atoms with van der Waals surface area (Å²) in [4.78, 5) is 17.3. The van der Waals surface area contributed by atoms with Crippen molar-refractivity contribution in [2.24, 2.45) is 5.73 Å². The summed E-state index contributed by atoms with van der Waals surface area (Å²) in [6.07, 6.45) is 2.10. The average Bonchev–Trinajstić information content (AvgIpc) is 2.88. The molecular formula is C8H12N4O2. The van der Waals surface area contributed by atoms with Crippen LogP contribution < -0.4 is 5.73 Å². The van der Waals surface area contributed by atoms with Crippen LogP contribution in [0.1, 0.15) is 29.4 Å². The van der Waals surface area contributed by atoms with Crippen LogP contribution in [0.3, 0.4) is 0 Å². The lowest BCUT2D eigenvalue weighted by Crippen LogP contribution is -2.28. The Balaban J connectivity index is 2.09. The zero-order valence-electron chi connectivity index (χ0n) is 7.77. The lowest BCUT2D eigenvalue weighted by Gasteiger charge is -2.11. The summed E-state index contributed by atoms with van der Waals surface area (Å²) >= 11 is 0. The van der Waals surface area contributed by atoms with Gasteiger partial charge >= 0.3 is 0 Å². The standard InChI is InChI=1S/C8H12N4O2/c9-5-6-10-7(11-14-6)8(13)12-3-1-2-4-12/h1-5,9H2. The van der Waals surface area contributed by atoms with Gasteiger partial charge < -0.3 is 15.2 Å². The van der Waals surface area contributed by atoms with Gasteiger partial charge in [-0.1, -0.05) is 5.16 Å². The molecule has 0 spiro atoms. The van der Waals surface area contributed by atoms with Crippen molar-refractivity contribution in [1.29, 1.82) is 0 Å². The van der Waals surface area contributed by atoms with Crippen LogP contribution in [0.4, 0.5) is 0 Å². The molecule has 0 saturated carbocycles. The molecule has 0 atom stereocenters. The molecule has 0 aromatic carbocycles. The van der Waals surface area contributed by atoms with Crippen LogP contribution in [-0.2, 0) is 6.54 Å². The monoisotopic (exact) mass is 196 g/mol. The molecule has 1 fully saturated rings. The summed E-state index contributed by atoms with van der Waals surface area (Å²) in [5, 5.41) is 3.57. The summed E-state index contributed by atoms with van der Waals surface area (Å²) in [6, 6.07) is 0. The van der Waals surface area contributed by atoms with Crippen LogP contribution >= 0.6 is 0 Å². The Morgan fingerprint density at radius 1 is 1.50 bits per heavy atom. The van der Waals surface area contributed by atoms with Gasteiger partial charge in [-0.2, -0.15) is 4.98 Å². The van der Waals surface area contributed by atoms with Crippen LogP contribution in [0.5, 0.6) is 0 Å². The second kappa shape index (κ2) is 3.75. The lowest BCUT2D eigenvalue weighted by atomic mass is 10.4. The van der Waals surface area contributed by atoms with Gasteiger partial charge in [0.25, 0.3) is 11.7 Å². The molecule has 6 heteroatoms. The molecule has 76 valence electrons. The molecule has 1 aromatic rings. The number of likely N-dealkylation sites (tertiary alicyclic amines) is 1. The summed E-state index contributed by atoms with van der Waals surface area (Å²) in [5.74, 6) is 0.255. The zero-order chi connectivity index (χ0) is 9.97. The molecule has 1 amide bonds. The fraction of sp³-hybridized carbons (Fsp3) is 0.625. The second-order valence-corrected chi connectivity index (χ2v) is 3.22. The van der Waals surface area contributed by atoms with Gasteiger partial charge in [0.15, 0.2) is 0 Å². The van der Waals surface area contributed by atoms with Gasteiger partial charge in [0, 0.05) is 13.1 Å². The maximum absolute atomic E-state index is 11.7. The maximum Gasteiger partial charge on any atom is 0.295 e. The fourth-order valence-electron chi connectivity index (χ4n) is 1.49. The number of rotatable bonds is 2. The number of nitrogens with zero attached hydrogens (tertiary/aromatic N) is 3. The average molecular weight is 196 g/mol. The highest BCUT2D eigenvalue weighted by atomic mass is 16.5. The first-order chi connectivity index (χ1) is 6.81. The van der Waals surface area contributed by atoms with Crippen LogP contribution in [-0.4, -0.2) is 34.0 Å². The van der Waals surface area contributed by atoms with E-state index >= 15 is 0 Å². The molecule has 0 bridgehead atoms. The van der Waals surface area contributed by atoms with Gasteiger partial charge in [-0.3, -0.25) is 4.79 Å². The Bertz CT molecular complexity index is 330. The Morgan fingerprint density at radius 2 is 2.21 bits per heavy atom. The zero-order valence-corrected chi connectivity index (χ0v) is 7.77. The van der Waals surface area contributed by atoms with Crippen molar-refractivity contribution in [3.63, 3.8) is 0 Å². The van der Waals surface area contributed by atoms with E-state index in [1.54, 1.807) is 4.90 Å². The van der Waals surface area contributed by atoms with Crippen molar-refractivity contribution in [2.75, 3.05) is 13.1 Å². The minimum Gasteiger partial charge on any atom is -0.337 e. The highest BCUT2D eigenvalue weighted by Crippen LogP contribution is 2.10. The molecule has 1 aromatic heterocycles. The topological polar surface area (TPSA) is 85.2 Å². The number of aromatic nitrogens is 2. The van der Waals surface area contributed by atoms with Crippen LogP contribution in [0, 0.1) is 0 Å². The first kappa shape index (κ1) is 9.14. The van der Waals surface area contributed by atoms with E-state index in [4.69, 9.17) is 10.3 Å². The molecule has 2 N–H and O–H groups in total. The number of nitrogens with two attached hydrogens (primary N) is 1. The van der Waals surface area contributed by atoms with E-state index in [1.807, 2.05) is 0 Å². The third kappa shape index (κ3) is 1.60. The van der Waals surface area contributed by atoms with Crippen molar-refractivity contribution < 1.29 is 9.32 Å². The van der Waals surface area contributed by atoms with Crippen molar-refractivity contribution >= 4 is 5.91 Å². The normalized spacial score (nSPS) is 16.2. The largest absolute Gasteiger partial charge is 0.337 e. The maximum atomic E-state index is 11.7. The Hall–Kier alpha value is -1.43. The van der Waals surface area contributed by atoms with Gasteiger partial charge in [-0.15, -0.1) is 0 Å². The highest BCUT2D eigenvalue weighted by molar-refractivity contribution is 5.90. The molecule has 1 saturated heterocycles. The van der Waals surface area contributed by atoms with E-state index in [-0.39, 0.29) is 18.3 Å². The predicted octanol–water partition coefficient (Wildman–Crippen LogP) is -0.236. The van der Waals surface area contributed by atoms with Crippen LogP contribution in [0.25, 0.3) is 0 Å². The molecule has 2 heterocycles. The van der Waals surface area contributed by atoms with E-state index in [1.165, 1.54) is 0 Å². The number of carbonyl (C=O) groups excluding carboxylic acids is 1. The third-order valence-electron chi connectivity index (χ3n) is 2.23. The minimum absolute atomic E-state index is 0.118. The van der Waals surface area contributed by atoms with Crippen LogP contribution in [0.2, 0.25) is 0 Å². The van der Waals surface area contributed by atoms with E-state index in [0.29, 0.717) is 5.89 Å². The molecule has 0 unspecified atom stereocenters. The SMILES string of the molecule is NCc1nc(C(=O)N2CCCC2)no1. The number of hydrogen-bond donors (Lipinski definition) is 1. The Kier molecular flexibility index (Phi) is 2.45. The molecule has 0 radical (unpaired) electrons. The Labute approximate surface area is 81.1 Å². The molecule has 2 rings (SSSR count). The second-order valence-electron chi connectivity index (χ2n) is 3.22. The van der Waals surface area contributed by atoms with Gasteiger partial charge in [-0.05, 0) is 12.8 Å².